The van der Waals surface area contributed by atoms with E-state index in [-0.39, 0.29) is 0 Å². The minimum atomic E-state index is -0.731. The first-order chi connectivity index (χ1) is 16.7. The highest BCUT2D eigenvalue weighted by Gasteiger charge is 2.16. The number of hydrogen-bond acceptors (Lipinski definition) is 3. The lowest BCUT2D eigenvalue weighted by atomic mass is 9.96. The van der Waals surface area contributed by atoms with Gasteiger partial charge in [-0.25, -0.2) is 0 Å². The van der Waals surface area contributed by atoms with E-state index in [1.54, 1.807) is 7.11 Å². The molecule has 0 aromatic heterocycles. The van der Waals surface area contributed by atoms with Crippen molar-refractivity contribution in [3.05, 3.63) is 130 Å². The first kappa shape index (κ1) is 23.6. The summed E-state index contributed by atoms with van der Waals surface area (Å²) in [5.74, 6) is 1.67. The SMILES string of the molecule is CCc1cc(C(O)c2ccc(CCc3ccccc3)c(OC)c2)ccc1OCc1ccccc1. The van der Waals surface area contributed by atoms with Crippen LogP contribution in [0.1, 0.15) is 46.4 Å². The number of aliphatic hydroxyl groups is 1. The molecular formula is C31H32O3. The van der Waals surface area contributed by atoms with Gasteiger partial charge in [0.15, 0.2) is 0 Å². The van der Waals surface area contributed by atoms with Crippen LogP contribution in [0.4, 0.5) is 0 Å². The smallest absolute Gasteiger partial charge is 0.123 e. The predicted molar refractivity (Wildman–Crippen MR) is 137 cm³/mol. The highest BCUT2D eigenvalue weighted by atomic mass is 16.5. The fraction of sp³-hybridized carbons (Fsp3) is 0.226. The van der Waals surface area contributed by atoms with Gasteiger partial charge >= 0.3 is 0 Å². The molecule has 0 radical (unpaired) electrons. The van der Waals surface area contributed by atoms with Gasteiger partial charge in [-0.05, 0) is 70.8 Å². The topological polar surface area (TPSA) is 38.7 Å². The molecule has 4 aromatic carbocycles. The maximum absolute atomic E-state index is 11.1. The molecule has 0 saturated heterocycles. The van der Waals surface area contributed by atoms with Gasteiger partial charge in [0.05, 0.1) is 7.11 Å². The average Bonchev–Trinajstić information content (AvgIpc) is 2.91. The molecule has 0 fully saturated rings. The highest BCUT2D eigenvalue weighted by Crippen LogP contribution is 2.31. The van der Waals surface area contributed by atoms with E-state index in [1.807, 2.05) is 54.6 Å². The van der Waals surface area contributed by atoms with Crippen LogP contribution in [-0.2, 0) is 25.9 Å². The molecule has 0 bridgehead atoms. The number of ether oxygens (including phenoxy) is 2. The van der Waals surface area contributed by atoms with Crippen molar-refractivity contribution < 1.29 is 14.6 Å². The Morgan fingerprint density at radius 3 is 2.00 bits per heavy atom. The number of aryl methyl sites for hydroxylation is 3. The Morgan fingerprint density at radius 1 is 0.676 bits per heavy atom. The van der Waals surface area contributed by atoms with E-state index in [4.69, 9.17) is 9.47 Å². The van der Waals surface area contributed by atoms with Crippen LogP contribution in [0.5, 0.6) is 11.5 Å². The normalized spacial score (nSPS) is 11.7. The Labute approximate surface area is 202 Å². The second-order valence-corrected chi connectivity index (χ2v) is 8.45. The third-order valence-corrected chi connectivity index (χ3v) is 6.17. The summed E-state index contributed by atoms with van der Waals surface area (Å²) >= 11 is 0. The van der Waals surface area contributed by atoms with Crippen molar-refractivity contribution in [1.29, 1.82) is 0 Å². The summed E-state index contributed by atoms with van der Waals surface area (Å²) < 4.78 is 11.7. The number of methoxy groups -OCH3 is 1. The molecule has 34 heavy (non-hydrogen) atoms. The Hall–Kier alpha value is -3.56. The summed E-state index contributed by atoms with van der Waals surface area (Å²) in [4.78, 5) is 0. The van der Waals surface area contributed by atoms with E-state index in [0.717, 1.165) is 58.6 Å². The van der Waals surface area contributed by atoms with Crippen LogP contribution >= 0.6 is 0 Å². The lowest BCUT2D eigenvalue weighted by Crippen LogP contribution is -2.04. The van der Waals surface area contributed by atoms with Crippen molar-refractivity contribution in [3.8, 4) is 11.5 Å². The van der Waals surface area contributed by atoms with Crippen LogP contribution in [0.2, 0.25) is 0 Å². The van der Waals surface area contributed by atoms with Crippen LogP contribution in [0.3, 0.4) is 0 Å². The minimum absolute atomic E-state index is 0.525. The molecule has 0 aliphatic rings. The quantitative estimate of drug-likeness (QED) is 0.291. The zero-order valence-corrected chi connectivity index (χ0v) is 19.9. The molecule has 0 spiro atoms. The van der Waals surface area contributed by atoms with Crippen molar-refractivity contribution >= 4 is 0 Å². The molecule has 0 saturated carbocycles. The summed E-state index contributed by atoms with van der Waals surface area (Å²) in [5.41, 5.74) is 6.33. The molecule has 1 unspecified atom stereocenters. The molecule has 1 atom stereocenters. The van der Waals surface area contributed by atoms with E-state index in [2.05, 4.69) is 49.4 Å². The molecule has 4 aromatic rings. The molecule has 174 valence electrons. The standard InChI is InChI=1S/C31H32O3/c1-3-25-20-27(18-19-29(25)34-22-24-12-8-5-9-13-24)31(32)28-17-16-26(30(21-28)33-2)15-14-23-10-6-4-7-11-23/h4-13,16-21,31-32H,3,14-15,22H2,1-2H3. The maximum Gasteiger partial charge on any atom is 0.123 e. The van der Waals surface area contributed by atoms with E-state index >= 15 is 0 Å². The van der Waals surface area contributed by atoms with E-state index in [9.17, 15) is 5.11 Å². The molecule has 0 aliphatic heterocycles. The summed E-state index contributed by atoms with van der Waals surface area (Å²) in [6.45, 7) is 2.63. The number of hydrogen-bond donors (Lipinski definition) is 1. The van der Waals surface area contributed by atoms with Crippen molar-refractivity contribution in [1.82, 2.24) is 0 Å². The Morgan fingerprint density at radius 2 is 1.32 bits per heavy atom. The van der Waals surface area contributed by atoms with Crippen LogP contribution in [0.25, 0.3) is 0 Å². The summed E-state index contributed by atoms with van der Waals surface area (Å²) in [7, 11) is 1.69. The van der Waals surface area contributed by atoms with Gasteiger partial charge in [0.25, 0.3) is 0 Å². The second kappa shape index (κ2) is 11.5. The zero-order chi connectivity index (χ0) is 23.8. The lowest BCUT2D eigenvalue weighted by molar-refractivity contribution is 0.219. The molecule has 0 aliphatic carbocycles. The van der Waals surface area contributed by atoms with Crippen molar-refractivity contribution in [2.45, 2.75) is 38.9 Å². The van der Waals surface area contributed by atoms with E-state index in [0.29, 0.717) is 6.61 Å². The zero-order valence-electron chi connectivity index (χ0n) is 19.9. The molecule has 0 amide bonds. The van der Waals surface area contributed by atoms with Crippen LogP contribution in [0, 0.1) is 0 Å². The molecule has 1 N–H and O–H groups in total. The first-order valence-electron chi connectivity index (χ1n) is 11.9. The minimum Gasteiger partial charge on any atom is -0.496 e. The van der Waals surface area contributed by atoms with Gasteiger partial charge in [0.2, 0.25) is 0 Å². The number of benzene rings is 4. The summed E-state index contributed by atoms with van der Waals surface area (Å²) in [6, 6.07) is 32.6. The maximum atomic E-state index is 11.1. The third-order valence-electron chi connectivity index (χ3n) is 6.17. The second-order valence-electron chi connectivity index (χ2n) is 8.45. The van der Waals surface area contributed by atoms with Gasteiger partial charge in [0, 0.05) is 0 Å². The van der Waals surface area contributed by atoms with Crippen molar-refractivity contribution in [2.24, 2.45) is 0 Å². The van der Waals surface area contributed by atoms with E-state index in [1.165, 1.54) is 5.56 Å². The molecule has 3 heteroatoms. The monoisotopic (exact) mass is 452 g/mol. The molecule has 4 rings (SSSR count). The van der Waals surface area contributed by atoms with Crippen LogP contribution < -0.4 is 9.47 Å². The summed E-state index contributed by atoms with van der Waals surface area (Å²) in [6.07, 6.45) is 1.93. The van der Waals surface area contributed by atoms with Crippen molar-refractivity contribution in [2.75, 3.05) is 7.11 Å². The van der Waals surface area contributed by atoms with Gasteiger partial charge in [-0.2, -0.15) is 0 Å². The molecular weight excluding hydrogens is 420 g/mol. The Bertz CT molecular complexity index is 1090. The van der Waals surface area contributed by atoms with Gasteiger partial charge in [-0.1, -0.05) is 85.8 Å². The fourth-order valence-corrected chi connectivity index (χ4v) is 4.18. The van der Waals surface area contributed by atoms with Gasteiger partial charge in [-0.15, -0.1) is 0 Å². The van der Waals surface area contributed by atoms with E-state index < -0.39 is 6.10 Å². The van der Waals surface area contributed by atoms with Crippen LogP contribution in [-0.4, -0.2) is 12.2 Å². The molecule has 3 nitrogen and oxygen atoms in total. The predicted octanol–water partition coefficient (Wildman–Crippen LogP) is 6.70. The van der Waals surface area contributed by atoms with Gasteiger partial charge < -0.3 is 14.6 Å². The number of rotatable bonds is 10. The third kappa shape index (κ3) is 5.86. The first-order valence-corrected chi connectivity index (χ1v) is 11.9. The molecule has 0 heterocycles. The summed E-state index contributed by atoms with van der Waals surface area (Å²) in [5, 5.41) is 11.1. The lowest BCUT2D eigenvalue weighted by Gasteiger charge is -2.18. The Balaban J connectivity index is 1.48. The van der Waals surface area contributed by atoms with Gasteiger partial charge in [-0.3, -0.25) is 0 Å². The van der Waals surface area contributed by atoms with Gasteiger partial charge in [0.1, 0.15) is 24.2 Å². The number of aliphatic hydroxyl groups excluding tert-OH is 1. The van der Waals surface area contributed by atoms with Crippen molar-refractivity contribution in [3.63, 3.8) is 0 Å². The Kier molecular flexibility index (Phi) is 8.00. The largest absolute Gasteiger partial charge is 0.496 e. The fourth-order valence-electron chi connectivity index (χ4n) is 4.18. The van der Waals surface area contributed by atoms with Crippen LogP contribution in [0.15, 0.2) is 97.1 Å². The average molecular weight is 453 g/mol. The highest BCUT2D eigenvalue weighted by molar-refractivity contribution is 5.44.